The molecule has 3 rings (SSSR count). The number of nitrogens with zero attached hydrogens (tertiary/aromatic N) is 2. The van der Waals surface area contributed by atoms with E-state index in [0.717, 1.165) is 11.3 Å². The van der Waals surface area contributed by atoms with Gasteiger partial charge < -0.3 is 5.11 Å². The molecule has 0 fully saturated rings. The molecule has 3 nitrogen and oxygen atoms in total. The van der Waals surface area contributed by atoms with Crippen molar-refractivity contribution >= 4 is 0 Å². The number of aromatic nitrogens is 2. The lowest BCUT2D eigenvalue weighted by atomic mass is 10.1. The minimum Gasteiger partial charge on any atom is -0.506 e. The number of benzene rings is 2. The zero-order chi connectivity index (χ0) is 13.2. The largest absolute Gasteiger partial charge is 0.506 e. The van der Waals surface area contributed by atoms with E-state index in [2.05, 4.69) is 5.10 Å². The van der Waals surface area contributed by atoms with Gasteiger partial charge in [0.25, 0.3) is 0 Å². The highest BCUT2D eigenvalue weighted by Gasteiger charge is 2.10. The predicted octanol–water partition coefficient (Wildman–Crippen LogP) is 3.38. The summed E-state index contributed by atoms with van der Waals surface area (Å²) in [5.41, 5.74) is 2.22. The van der Waals surface area contributed by atoms with Gasteiger partial charge in [0.1, 0.15) is 17.3 Å². The van der Waals surface area contributed by atoms with Gasteiger partial charge in [-0.3, -0.25) is 0 Å². The van der Waals surface area contributed by atoms with Crippen LogP contribution in [-0.2, 0) is 0 Å². The molecule has 2 aromatic carbocycles. The third kappa shape index (κ3) is 2.08. The summed E-state index contributed by atoms with van der Waals surface area (Å²) in [6, 6.07) is 14.9. The molecule has 19 heavy (non-hydrogen) atoms. The number of hydrogen-bond donors (Lipinski definition) is 1. The Hall–Kier alpha value is -2.62. The molecule has 0 saturated carbocycles. The molecule has 0 radical (unpaired) electrons. The van der Waals surface area contributed by atoms with Crippen LogP contribution in [0, 0.1) is 5.82 Å². The topological polar surface area (TPSA) is 38.0 Å². The van der Waals surface area contributed by atoms with E-state index in [9.17, 15) is 9.50 Å². The molecule has 0 atom stereocenters. The first kappa shape index (κ1) is 11.5. The Morgan fingerprint density at radius 3 is 2.42 bits per heavy atom. The van der Waals surface area contributed by atoms with Gasteiger partial charge in [-0.1, -0.05) is 12.1 Å². The minimum absolute atomic E-state index is 0.148. The van der Waals surface area contributed by atoms with Crippen LogP contribution in [0.4, 0.5) is 4.39 Å². The van der Waals surface area contributed by atoms with Gasteiger partial charge in [0.2, 0.25) is 0 Å². The second kappa shape index (κ2) is 4.57. The van der Waals surface area contributed by atoms with Crippen LogP contribution in [0.25, 0.3) is 16.9 Å². The number of para-hydroxylation sites is 2. The number of phenolic OH excluding ortho intramolecular Hbond substituents is 1. The van der Waals surface area contributed by atoms with E-state index < -0.39 is 0 Å². The van der Waals surface area contributed by atoms with Crippen molar-refractivity contribution in [3.8, 4) is 22.7 Å². The molecule has 1 heterocycles. The van der Waals surface area contributed by atoms with Crippen LogP contribution in [-0.4, -0.2) is 14.9 Å². The summed E-state index contributed by atoms with van der Waals surface area (Å²) in [5, 5.41) is 14.1. The third-order valence-corrected chi connectivity index (χ3v) is 2.89. The van der Waals surface area contributed by atoms with Crippen molar-refractivity contribution in [1.29, 1.82) is 0 Å². The van der Waals surface area contributed by atoms with Gasteiger partial charge in [0.15, 0.2) is 0 Å². The molecule has 0 spiro atoms. The molecular formula is C15H11FN2O. The Morgan fingerprint density at radius 1 is 0.947 bits per heavy atom. The van der Waals surface area contributed by atoms with E-state index in [4.69, 9.17) is 0 Å². The second-order valence-corrected chi connectivity index (χ2v) is 4.12. The van der Waals surface area contributed by atoms with Gasteiger partial charge >= 0.3 is 0 Å². The number of rotatable bonds is 2. The van der Waals surface area contributed by atoms with Crippen molar-refractivity contribution in [2.24, 2.45) is 0 Å². The first-order valence-corrected chi connectivity index (χ1v) is 5.84. The molecule has 0 aliphatic heterocycles. The van der Waals surface area contributed by atoms with Crippen LogP contribution in [0.3, 0.4) is 0 Å². The first-order valence-electron chi connectivity index (χ1n) is 5.84. The van der Waals surface area contributed by atoms with Crippen LogP contribution < -0.4 is 0 Å². The molecule has 0 aliphatic rings. The van der Waals surface area contributed by atoms with Crippen molar-refractivity contribution in [3.05, 3.63) is 66.6 Å². The van der Waals surface area contributed by atoms with E-state index in [1.807, 2.05) is 12.1 Å². The van der Waals surface area contributed by atoms with Gasteiger partial charge in [0.05, 0.1) is 11.9 Å². The van der Waals surface area contributed by atoms with E-state index in [1.165, 1.54) is 12.1 Å². The van der Waals surface area contributed by atoms with Gasteiger partial charge in [-0.05, 0) is 42.5 Å². The van der Waals surface area contributed by atoms with Crippen molar-refractivity contribution < 1.29 is 9.50 Å². The second-order valence-electron chi connectivity index (χ2n) is 4.12. The Morgan fingerprint density at radius 2 is 1.68 bits per heavy atom. The molecule has 0 bridgehead atoms. The summed E-state index contributed by atoms with van der Waals surface area (Å²) in [6.07, 6.45) is 1.64. The van der Waals surface area contributed by atoms with E-state index in [-0.39, 0.29) is 11.6 Å². The van der Waals surface area contributed by atoms with Gasteiger partial charge in [-0.15, -0.1) is 0 Å². The third-order valence-electron chi connectivity index (χ3n) is 2.89. The summed E-state index contributed by atoms with van der Waals surface area (Å²) < 4.78 is 14.6. The summed E-state index contributed by atoms with van der Waals surface area (Å²) in [7, 11) is 0. The maximum atomic E-state index is 13.0. The molecule has 1 aromatic heterocycles. The Bertz CT molecular complexity index is 704. The number of halogens is 1. The van der Waals surface area contributed by atoms with Crippen molar-refractivity contribution in [2.75, 3.05) is 0 Å². The summed E-state index contributed by atoms with van der Waals surface area (Å²) in [5.74, 6) is -0.132. The fourth-order valence-electron chi connectivity index (χ4n) is 1.98. The molecule has 4 heteroatoms. The Labute approximate surface area is 109 Å². The lowest BCUT2D eigenvalue weighted by Gasteiger charge is -2.09. The highest BCUT2D eigenvalue weighted by molar-refractivity contribution is 5.63. The van der Waals surface area contributed by atoms with Crippen molar-refractivity contribution in [3.63, 3.8) is 0 Å². The quantitative estimate of drug-likeness (QED) is 0.761. The van der Waals surface area contributed by atoms with E-state index in [0.29, 0.717) is 5.69 Å². The fraction of sp³-hybridized carbons (Fsp3) is 0. The SMILES string of the molecule is Oc1ccccc1-n1nccc1-c1ccc(F)cc1. The summed E-state index contributed by atoms with van der Waals surface area (Å²) in [4.78, 5) is 0. The van der Waals surface area contributed by atoms with Crippen LogP contribution in [0.5, 0.6) is 5.75 Å². The molecular weight excluding hydrogens is 243 g/mol. The lowest BCUT2D eigenvalue weighted by molar-refractivity contribution is 0.470. The molecule has 0 saturated heterocycles. The maximum Gasteiger partial charge on any atom is 0.141 e. The highest BCUT2D eigenvalue weighted by Crippen LogP contribution is 2.27. The van der Waals surface area contributed by atoms with Gasteiger partial charge in [-0.2, -0.15) is 5.10 Å². The number of aromatic hydroxyl groups is 1. The van der Waals surface area contributed by atoms with E-state index in [1.54, 1.807) is 41.2 Å². The van der Waals surface area contributed by atoms with Gasteiger partial charge in [0, 0.05) is 5.56 Å². The minimum atomic E-state index is -0.280. The zero-order valence-electron chi connectivity index (χ0n) is 9.99. The van der Waals surface area contributed by atoms with E-state index >= 15 is 0 Å². The molecule has 0 amide bonds. The monoisotopic (exact) mass is 254 g/mol. The summed E-state index contributed by atoms with van der Waals surface area (Å²) >= 11 is 0. The first-order chi connectivity index (χ1) is 9.25. The standard InChI is InChI=1S/C15H11FN2O/c16-12-7-5-11(6-8-12)13-9-10-17-18(13)14-3-1-2-4-15(14)19/h1-10,19H. The predicted molar refractivity (Wildman–Crippen MR) is 70.6 cm³/mol. The number of hydrogen-bond acceptors (Lipinski definition) is 2. The fourth-order valence-corrected chi connectivity index (χ4v) is 1.98. The Balaban J connectivity index is 2.13. The van der Waals surface area contributed by atoms with Crippen molar-refractivity contribution in [1.82, 2.24) is 9.78 Å². The zero-order valence-corrected chi connectivity index (χ0v) is 9.99. The molecule has 1 N–H and O–H groups in total. The van der Waals surface area contributed by atoms with Crippen LogP contribution >= 0.6 is 0 Å². The van der Waals surface area contributed by atoms with Crippen LogP contribution in [0.15, 0.2) is 60.8 Å². The normalized spacial score (nSPS) is 10.6. The smallest absolute Gasteiger partial charge is 0.141 e. The lowest BCUT2D eigenvalue weighted by Crippen LogP contribution is -1.99. The molecule has 0 unspecified atom stereocenters. The molecule has 3 aromatic rings. The highest BCUT2D eigenvalue weighted by atomic mass is 19.1. The average Bonchev–Trinajstić information content (AvgIpc) is 2.89. The van der Waals surface area contributed by atoms with Crippen LogP contribution in [0.1, 0.15) is 0 Å². The maximum absolute atomic E-state index is 13.0. The molecule has 94 valence electrons. The van der Waals surface area contributed by atoms with Crippen molar-refractivity contribution in [2.45, 2.75) is 0 Å². The van der Waals surface area contributed by atoms with Crippen LogP contribution in [0.2, 0.25) is 0 Å². The summed E-state index contributed by atoms with van der Waals surface area (Å²) in [6.45, 7) is 0. The average molecular weight is 254 g/mol. The Kier molecular flexibility index (Phi) is 2.76. The number of phenols is 1. The van der Waals surface area contributed by atoms with Gasteiger partial charge in [-0.25, -0.2) is 9.07 Å². The molecule has 0 aliphatic carbocycles.